The van der Waals surface area contributed by atoms with Crippen LogP contribution < -0.4 is 15.8 Å². The summed E-state index contributed by atoms with van der Waals surface area (Å²) in [6.45, 7) is 1.80. The van der Waals surface area contributed by atoms with Gasteiger partial charge in [0.1, 0.15) is 0 Å². The molecular formula is C15H15ClN2O3. The predicted molar refractivity (Wildman–Crippen MR) is 83.2 cm³/mol. The second kappa shape index (κ2) is 5.93. The Morgan fingerprint density at radius 1 is 1.38 bits per heavy atom. The Hall–Kier alpha value is -2.40. The van der Waals surface area contributed by atoms with Gasteiger partial charge < -0.3 is 20.9 Å². The molecular weight excluding hydrogens is 292 g/mol. The third-order valence-corrected chi connectivity index (χ3v) is 3.38. The van der Waals surface area contributed by atoms with Crippen molar-refractivity contribution in [2.45, 2.75) is 6.92 Å². The minimum atomic E-state index is -0.463. The van der Waals surface area contributed by atoms with Crippen LogP contribution in [0.3, 0.4) is 0 Å². The van der Waals surface area contributed by atoms with Crippen molar-refractivity contribution in [2.75, 3.05) is 18.2 Å². The van der Waals surface area contributed by atoms with Crippen LogP contribution in [0.1, 0.15) is 15.9 Å². The molecule has 1 amide bonds. The van der Waals surface area contributed by atoms with E-state index < -0.39 is 5.91 Å². The van der Waals surface area contributed by atoms with Crippen LogP contribution >= 0.6 is 11.6 Å². The van der Waals surface area contributed by atoms with Gasteiger partial charge in [-0.05, 0) is 36.8 Å². The zero-order chi connectivity index (χ0) is 15.6. The number of carbonyl (C=O) groups is 1. The maximum absolute atomic E-state index is 12.3. The van der Waals surface area contributed by atoms with Crippen LogP contribution in [-0.4, -0.2) is 18.1 Å². The number of hydrogen-bond acceptors (Lipinski definition) is 4. The molecule has 0 aliphatic carbocycles. The van der Waals surface area contributed by atoms with E-state index in [2.05, 4.69) is 5.32 Å². The third kappa shape index (κ3) is 3.03. The van der Waals surface area contributed by atoms with Gasteiger partial charge >= 0.3 is 0 Å². The number of hydrogen-bond donors (Lipinski definition) is 3. The van der Waals surface area contributed by atoms with Gasteiger partial charge in [0.2, 0.25) is 0 Å². The Bertz CT molecular complexity index is 702. The van der Waals surface area contributed by atoms with E-state index in [4.69, 9.17) is 22.1 Å². The highest BCUT2D eigenvalue weighted by Gasteiger charge is 2.16. The predicted octanol–water partition coefficient (Wildman–Crippen LogP) is 3.20. The molecule has 21 heavy (non-hydrogen) atoms. The smallest absolute Gasteiger partial charge is 0.259 e. The van der Waals surface area contributed by atoms with Gasteiger partial charge in [0.05, 0.1) is 23.4 Å². The molecule has 0 heterocycles. The van der Waals surface area contributed by atoms with E-state index in [0.717, 1.165) is 5.56 Å². The summed E-state index contributed by atoms with van der Waals surface area (Å²) in [5, 5.41) is 13.0. The van der Waals surface area contributed by atoms with E-state index in [1.807, 2.05) is 0 Å². The quantitative estimate of drug-likeness (QED) is 0.760. The van der Waals surface area contributed by atoms with Crippen molar-refractivity contribution in [3.05, 3.63) is 46.5 Å². The van der Waals surface area contributed by atoms with Crippen LogP contribution in [0.5, 0.6) is 11.5 Å². The van der Waals surface area contributed by atoms with Crippen LogP contribution in [0.2, 0.25) is 5.02 Å². The standard InChI is InChI=1S/C15H15ClN2O3/c1-8-6-11(17)10(16)7-12(8)18-15(20)9-4-3-5-13(21-2)14(9)19/h3-7,19H,17H2,1-2H3,(H,18,20). The number of methoxy groups -OCH3 is 1. The number of nitrogens with two attached hydrogens (primary N) is 1. The van der Waals surface area contributed by atoms with E-state index in [9.17, 15) is 9.90 Å². The number of carbonyl (C=O) groups excluding carboxylic acids is 1. The van der Waals surface area contributed by atoms with Gasteiger partial charge in [0, 0.05) is 5.69 Å². The van der Waals surface area contributed by atoms with Crippen molar-refractivity contribution in [3.63, 3.8) is 0 Å². The number of aryl methyl sites for hydroxylation is 1. The fourth-order valence-electron chi connectivity index (χ4n) is 1.90. The van der Waals surface area contributed by atoms with E-state index in [-0.39, 0.29) is 17.1 Å². The molecule has 0 radical (unpaired) electrons. The summed E-state index contributed by atoms with van der Waals surface area (Å²) in [5.74, 6) is -0.443. The van der Waals surface area contributed by atoms with Crippen LogP contribution in [0.15, 0.2) is 30.3 Å². The number of halogens is 1. The van der Waals surface area contributed by atoms with Crippen LogP contribution in [0.4, 0.5) is 11.4 Å². The van der Waals surface area contributed by atoms with Gasteiger partial charge in [-0.3, -0.25) is 4.79 Å². The molecule has 0 spiro atoms. The average Bonchev–Trinajstić information content (AvgIpc) is 2.44. The van der Waals surface area contributed by atoms with E-state index in [0.29, 0.717) is 16.4 Å². The number of phenols is 1. The lowest BCUT2D eigenvalue weighted by molar-refractivity contribution is 0.102. The molecule has 0 aromatic heterocycles. The molecule has 2 aromatic rings. The molecule has 0 saturated heterocycles. The number of nitrogens with one attached hydrogen (secondary N) is 1. The lowest BCUT2D eigenvalue weighted by Gasteiger charge is -2.12. The second-order valence-electron chi connectivity index (χ2n) is 4.50. The molecule has 4 N–H and O–H groups in total. The van der Waals surface area contributed by atoms with Crippen LogP contribution in [0, 0.1) is 6.92 Å². The first-order valence-corrected chi connectivity index (χ1v) is 6.54. The molecule has 0 aliphatic rings. The number of anilines is 2. The van der Waals surface area contributed by atoms with E-state index >= 15 is 0 Å². The lowest BCUT2D eigenvalue weighted by atomic mass is 10.1. The highest BCUT2D eigenvalue weighted by molar-refractivity contribution is 6.33. The van der Waals surface area contributed by atoms with E-state index in [1.54, 1.807) is 31.2 Å². The van der Waals surface area contributed by atoms with Crippen molar-refractivity contribution in [1.29, 1.82) is 0 Å². The Balaban J connectivity index is 2.33. The largest absolute Gasteiger partial charge is 0.504 e. The lowest BCUT2D eigenvalue weighted by Crippen LogP contribution is -2.13. The first-order chi connectivity index (χ1) is 9.93. The summed E-state index contributed by atoms with van der Waals surface area (Å²) in [6.07, 6.45) is 0. The summed E-state index contributed by atoms with van der Waals surface area (Å²) in [6, 6.07) is 7.93. The minimum absolute atomic E-state index is 0.113. The molecule has 0 aliphatic heterocycles. The number of para-hydroxylation sites is 1. The van der Waals surface area contributed by atoms with Gasteiger partial charge in [-0.25, -0.2) is 0 Å². The average molecular weight is 307 g/mol. The summed E-state index contributed by atoms with van der Waals surface area (Å²) < 4.78 is 4.98. The zero-order valence-electron chi connectivity index (χ0n) is 11.6. The molecule has 2 aromatic carbocycles. The first kappa shape index (κ1) is 15.0. The van der Waals surface area contributed by atoms with Crippen LogP contribution in [-0.2, 0) is 0 Å². The normalized spacial score (nSPS) is 10.2. The number of aromatic hydroxyl groups is 1. The van der Waals surface area contributed by atoms with Crippen molar-refractivity contribution >= 4 is 28.9 Å². The summed E-state index contributed by atoms with van der Waals surface area (Å²) >= 11 is 5.95. The maximum Gasteiger partial charge on any atom is 0.259 e. The summed E-state index contributed by atoms with van der Waals surface area (Å²) in [5.41, 5.74) is 7.55. The molecule has 0 bridgehead atoms. The third-order valence-electron chi connectivity index (χ3n) is 3.06. The monoisotopic (exact) mass is 306 g/mol. The zero-order valence-corrected chi connectivity index (χ0v) is 12.4. The molecule has 0 unspecified atom stereocenters. The van der Waals surface area contributed by atoms with Crippen molar-refractivity contribution in [3.8, 4) is 11.5 Å². The summed E-state index contributed by atoms with van der Waals surface area (Å²) in [7, 11) is 1.42. The fraction of sp³-hybridized carbons (Fsp3) is 0.133. The SMILES string of the molecule is COc1cccc(C(=O)Nc2cc(Cl)c(N)cc2C)c1O. The highest BCUT2D eigenvalue weighted by atomic mass is 35.5. The Morgan fingerprint density at radius 3 is 2.76 bits per heavy atom. The molecule has 110 valence electrons. The van der Waals surface area contributed by atoms with Crippen molar-refractivity contribution < 1.29 is 14.6 Å². The minimum Gasteiger partial charge on any atom is -0.504 e. The molecule has 0 saturated carbocycles. The molecule has 2 rings (SSSR count). The molecule has 0 fully saturated rings. The number of rotatable bonds is 3. The number of nitrogen functional groups attached to an aromatic ring is 1. The number of phenolic OH excluding ortho intramolecular Hbond substituents is 1. The Kier molecular flexibility index (Phi) is 4.23. The first-order valence-electron chi connectivity index (χ1n) is 6.17. The topological polar surface area (TPSA) is 84.6 Å². The Morgan fingerprint density at radius 2 is 2.10 bits per heavy atom. The summed E-state index contributed by atoms with van der Waals surface area (Å²) in [4.78, 5) is 12.3. The van der Waals surface area contributed by atoms with Gasteiger partial charge in [-0.1, -0.05) is 17.7 Å². The van der Waals surface area contributed by atoms with Gasteiger partial charge in [0.15, 0.2) is 11.5 Å². The van der Waals surface area contributed by atoms with Crippen molar-refractivity contribution in [2.24, 2.45) is 0 Å². The highest BCUT2D eigenvalue weighted by Crippen LogP contribution is 2.31. The van der Waals surface area contributed by atoms with Gasteiger partial charge in [-0.2, -0.15) is 0 Å². The van der Waals surface area contributed by atoms with Gasteiger partial charge in [-0.15, -0.1) is 0 Å². The number of amides is 1. The molecule has 6 heteroatoms. The van der Waals surface area contributed by atoms with Gasteiger partial charge in [0.25, 0.3) is 5.91 Å². The maximum atomic E-state index is 12.3. The number of benzene rings is 2. The van der Waals surface area contributed by atoms with Crippen molar-refractivity contribution in [1.82, 2.24) is 0 Å². The Labute approximate surface area is 127 Å². The molecule has 5 nitrogen and oxygen atoms in total. The van der Waals surface area contributed by atoms with E-state index in [1.165, 1.54) is 13.2 Å². The fourth-order valence-corrected chi connectivity index (χ4v) is 2.06. The van der Waals surface area contributed by atoms with Crippen LogP contribution in [0.25, 0.3) is 0 Å². The number of ether oxygens (including phenoxy) is 1. The molecule has 0 atom stereocenters. The second-order valence-corrected chi connectivity index (χ2v) is 4.91.